The number of aldehydes is 1. The zero-order valence-electron chi connectivity index (χ0n) is 6.17. The Morgan fingerprint density at radius 3 is 3.00 bits per heavy atom. The molecule has 1 N–H and O–H groups in total. The normalized spacial score (nSPS) is 10.4. The zero-order valence-corrected chi connectivity index (χ0v) is 7.76. The number of nitrogens with one attached hydrogen (secondary N) is 1. The molecule has 2 nitrogen and oxygen atoms in total. The number of aromatic amines is 1. The third-order valence-electron chi connectivity index (χ3n) is 1.79. The van der Waals surface area contributed by atoms with Gasteiger partial charge in [-0.3, -0.25) is 4.79 Å². The molecule has 0 aliphatic heterocycles. The maximum Gasteiger partial charge on any atom is 0.150 e. The predicted octanol–water partition coefficient (Wildman–Crippen LogP) is 2.74. The van der Waals surface area contributed by atoms with E-state index in [1.165, 1.54) is 0 Å². The standard InChI is InChI=1S/C9H6BrNO/c10-9-4-7-6(5-12)2-1-3-8(7)11-9/h1-5,11H. The van der Waals surface area contributed by atoms with Crippen molar-refractivity contribution in [2.24, 2.45) is 0 Å². The largest absolute Gasteiger partial charge is 0.349 e. The summed E-state index contributed by atoms with van der Waals surface area (Å²) >= 11 is 3.32. The van der Waals surface area contributed by atoms with Crippen LogP contribution in [0.2, 0.25) is 0 Å². The average Bonchev–Trinajstić information content (AvgIpc) is 2.44. The van der Waals surface area contributed by atoms with Gasteiger partial charge < -0.3 is 4.98 Å². The Bertz CT molecular complexity index is 433. The number of benzene rings is 1. The minimum Gasteiger partial charge on any atom is -0.349 e. The third-order valence-corrected chi connectivity index (χ3v) is 2.22. The molecule has 2 aromatic rings. The molecule has 0 atom stereocenters. The summed E-state index contributed by atoms with van der Waals surface area (Å²) in [5.74, 6) is 0. The second-order valence-electron chi connectivity index (χ2n) is 2.54. The van der Waals surface area contributed by atoms with Crippen molar-refractivity contribution in [2.45, 2.75) is 0 Å². The summed E-state index contributed by atoms with van der Waals surface area (Å²) in [5.41, 5.74) is 1.70. The van der Waals surface area contributed by atoms with Crippen molar-refractivity contribution in [2.75, 3.05) is 0 Å². The van der Waals surface area contributed by atoms with Crippen molar-refractivity contribution in [1.29, 1.82) is 0 Å². The van der Waals surface area contributed by atoms with Crippen molar-refractivity contribution in [3.8, 4) is 0 Å². The van der Waals surface area contributed by atoms with Crippen molar-refractivity contribution in [3.63, 3.8) is 0 Å². The van der Waals surface area contributed by atoms with Gasteiger partial charge in [-0.05, 0) is 28.1 Å². The Labute approximate surface area is 77.7 Å². The highest BCUT2D eigenvalue weighted by Crippen LogP contribution is 2.21. The Balaban J connectivity index is 2.86. The second kappa shape index (κ2) is 2.75. The van der Waals surface area contributed by atoms with Crippen LogP contribution in [0.15, 0.2) is 28.9 Å². The Kier molecular flexibility index (Phi) is 1.73. The molecule has 0 saturated carbocycles. The van der Waals surface area contributed by atoms with E-state index in [1.807, 2.05) is 18.2 Å². The lowest BCUT2D eigenvalue weighted by Crippen LogP contribution is -1.78. The molecule has 2 rings (SSSR count). The summed E-state index contributed by atoms with van der Waals surface area (Å²) in [5, 5.41) is 0.958. The topological polar surface area (TPSA) is 32.9 Å². The number of hydrogen-bond acceptors (Lipinski definition) is 1. The molecule has 3 heteroatoms. The number of carbonyl (C=O) groups excluding carboxylic acids is 1. The van der Waals surface area contributed by atoms with Gasteiger partial charge in [-0.25, -0.2) is 0 Å². The molecule has 1 aromatic carbocycles. The van der Waals surface area contributed by atoms with Crippen LogP contribution in [0.5, 0.6) is 0 Å². The van der Waals surface area contributed by atoms with Crippen molar-refractivity contribution >= 4 is 33.1 Å². The van der Waals surface area contributed by atoms with Gasteiger partial charge in [0.2, 0.25) is 0 Å². The SMILES string of the molecule is O=Cc1cccc2[nH]c(Br)cc12. The summed E-state index contributed by atoms with van der Waals surface area (Å²) < 4.78 is 0.895. The van der Waals surface area contributed by atoms with Crippen molar-refractivity contribution in [1.82, 2.24) is 4.98 Å². The highest BCUT2D eigenvalue weighted by Gasteiger charge is 2.01. The number of aromatic nitrogens is 1. The number of carbonyl (C=O) groups is 1. The highest BCUT2D eigenvalue weighted by molar-refractivity contribution is 9.10. The predicted molar refractivity (Wildman–Crippen MR) is 51.4 cm³/mol. The van der Waals surface area contributed by atoms with Crippen LogP contribution in [-0.4, -0.2) is 11.3 Å². The van der Waals surface area contributed by atoms with Crippen LogP contribution < -0.4 is 0 Å². The average molecular weight is 224 g/mol. The third kappa shape index (κ3) is 1.06. The van der Waals surface area contributed by atoms with Gasteiger partial charge in [-0.2, -0.15) is 0 Å². The molecule has 0 radical (unpaired) electrons. The number of fused-ring (bicyclic) bond motifs is 1. The van der Waals surface area contributed by atoms with Crippen LogP contribution in [-0.2, 0) is 0 Å². The lowest BCUT2D eigenvalue weighted by atomic mass is 10.1. The second-order valence-corrected chi connectivity index (χ2v) is 3.40. The van der Waals surface area contributed by atoms with Crippen LogP contribution in [0.1, 0.15) is 10.4 Å². The van der Waals surface area contributed by atoms with Crippen molar-refractivity contribution in [3.05, 3.63) is 34.4 Å². The fraction of sp³-hybridized carbons (Fsp3) is 0. The van der Waals surface area contributed by atoms with Gasteiger partial charge in [-0.1, -0.05) is 12.1 Å². The smallest absolute Gasteiger partial charge is 0.150 e. The van der Waals surface area contributed by atoms with Crippen molar-refractivity contribution < 1.29 is 4.79 Å². The van der Waals surface area contributed by atoms with E-state index in [0.29, 0.717) is 0 Å². The molecule has 60 valence electrons. The number of hydrogen-bond donors (Lipinski definition) is 1. The molecule has 0 unspecified atom stereocenters. The fourth-order valence-corrected chi connectivity index (χ4v) is 1.69. The van der Waals surface area contributed by atoms with Gasteiger partial charge in [0.05, 0.1) is 4.60 Å². The zero-order chi connectivity index (χ0) is 8.55. The quantitative estimate of drug-likeness (QED) is 0.742. The lowest BCUT2D eigenvalue weighted by Gasteiger charge is -1.91. The van der Waals surface area contributed by atoms with Gasteiger partial charge in [0.15, 0.2) is 6.29 Å². The maximum absolute atomic E-state index is 10.6. The highest BCUT2D eigenvalue weighted by atomic mass is 79.9. The van der Waals surface area contributed by atoms with Crippen LogP contribution >= 0.6 is 15.9 Å². The Morgan fingerprint density at radius 1 is 1.42 bits per heavy atom. The summed E-state index contributed by atoms with van der Waals surface area (Å²) in [6, 6.07) is 7.50. The molecule has 1 heterocycles. The van der Waals surface area contributed by atoms with E-state index in [4.69, 9.17) is 0 Å². The van der Waals surface area contributed by atoms with Crippen LogP contribution in [0.25, 0.3) is 10.9 Å². The number of rotatable bonds is 1. The number of halogens is 1. The van der Waals surface area contributed by atoms with Gasteiger partial charge >= 0.3 is 0 Å². The summed E-state index contributed by atoms with van der Waals surface area (Å²) in [6.07, 6.45) is 0.864. The van der Waals surface area contributed by atoms with Gasteiger partial charge in [0.1, 0.15) is 0 Å². The molecule has 0 spiro atoms. The molecular formula is C9H6BrNO. The first-order valence-corrected chi connectivity index (χ1v) is 4.33. The first kappa shape index (κ1) is 7.55. The molecule has 0 saturated heterocycles. The van der Waals surface area contributed by atoms with E-state index in [9.17, 15) is 4.79 Å². The molecule has 1 aromatic heterocycles. The Morgan fingerprint density at radius 2 is 2.25 bits per heavy atom. The monoisotopic (exact) mass is 223 g/mol. The molecule has 0 fully saturated rings. The summed E-state index contributed by atoms with van der Waals surface area (Å²) in [7, 11) is 0. The van der Waals surface area contributed by atoms with Crippen LogP contribution in [0.4, 0.5) is 0 Å². The van der Waals surface area contributed by atoms with E-state index in [1.54, 1.807) is 6.07 Å². The summed E-state index contributed by atoms with van der Waals surface area (Å²) in [4.78, 5) is 13.7. The first-order valence-electron chi connectivity index (χ1n) is 3.53. The molecular weight excluding hydrogens is 218 g/mol. The molecule has 0 aliphatic rings. The van der Waals surface area contributed by atoms with E-state index in [2.05, 4.69) is 20.9 Å². The molecule has 0 aliphatic carbocycles. The Hall–Kier alpha value is -1.09. The summed E-state index contributed by atoms with van der Waals surface area (Å²) in [6.45, 7) is 0. The maximum atomic E-state index is 10.6. The van der Waals surface area contributed by atoms with E-state index < -0.39 is 0 Å². The van der Waals surface area contributed by atoms with Crippen LogP contribution in [0.3, 0.4) is 0 Å². The number of H-pyrrole nitrogens is 1. The van der Waals surface area contributed by atoms with Crippen LogP contribution in [0, 0.1) is 0 Å². The molecule has 12 heavy (non-hydrogen) atoms. The van der Waals surface area contributed by atoms with Gasteiger partial charge in [0.25, 0.3) is 0 Å². The van der Waals surface area contributed by atoms with Gasteiger partial charge in [-0.15, -0.1) is 0 Å². The van der Waals surface area contributed by atoms with E-state index in [-0.39, 0.29) is 0 Å². The van der Waals surface area contributed by atoms with E-state index >= 15 is 0 Å². The fourth-order valence-electron chi connectivity index (χ4n) is 1.25. The first-order chi connectivity index (χ1) is 5.81. The lowest BCUT2D eigenvalue weighted by molar-refractivity contribution is 0.112. The van der Waals surface area contributed by atoms with Gasteiger partial charge in [0, 0.05) is 16.5 Å². The minimum absolute atomic E-state index is 0.717. The molecule has 0 amide bonds. The van der Waals surface area contributed by atoms with E-state index in [0.717, 1.165) is 27.4 Å². The minimum atomic E-state index is 0.717. The molecule has 0 bridgehead atoms.